The van der Waals surface area contributed by atoms with Crippen LogP contribution in [0, 0.1) is 11.3 Å². The van der Waals surface area contributed by atoms with Crippen molar-refractivity contribution in [2.75, 3.05) is 26.6 Å². The average Bonchev–Trinajstić information content (AvgIpc) is 3.36. The van der Waals surface area contributed by atoms with E-state index >= 15 is 0 Å². The second-order valence-electron chi connectivity index (χ2n) is 11.1. The van der Waals surface area contributed by atoms with Gasteiger partial charge < -0.3 is 19.5 Å². The van der Waals surface area contributed by atoms with Crippen molar-refractivity contribution in [2.45, 2.75) is 46.5 Å². The molecule has 5 rings (SSSR count). The summed E-state index contributed by atoms with van der Waals surface area (Å²) in [5.41, 5.74) is 4.25. The quantitative estimate of drug-likeness (QED) is 0.219. The molecule has 2 heterocycles. The van der Waals surface area contributed by atoms with Gasteiger partial charge in [-0.2, -0.15) is 0 Å². The number of aromatic nitrogens is 1. The van der Waals surface area contributed by atoms with Gasteiger partial charge in [0.15, 0.2) is 11.5 Å². The molecule has 1 unspecified atom stereocenters. The standard InChI is InChI=1S/C33H36N2O5S/c1-7-33(2,3)20-13-14-22-28(17-20)41-31(29(22)32(37)40-6)35-30(36)23-18-25(34-24-11-9-8-10-21(23)24)19-12-15-26(38-4)27(16-19)39-5/h8-12,15-16,18,20H,7,13-14,17H2,1-6H3,(H,35,36). The second-order valence-corrected chi connectivity index (χ2v) is 12.2. The van der Waals surface area contributed by atoms with Crippen molar-refractivity contribution in [1.82, 2.24) is 4.98 Å². The van der Waals surface area contributed by atoms with E-state index in [1.807, 2.05) is 42.5 Å². The molecular formula is C33H36N2O5S. The maximum atomic E-state index is 14.0. The van der Waals surface area contributed by atoms with E-state index in [9.17, 15) is 9.59 Å². The molecule has 8 heteroatoms. The van der Waals surface area contributed by atoms with Crippen LogP contribution in [-0.2, 0) is 17.6 Å². The predicted molar refractivity (Wildman–Crippen MR) is 163 cm³/mol. The molecule has 2 aromatic heterocycles. The summed E-state index contributed by atoms with van der Waals surface area (Å²) in [4.78, 5) is 32.9. The number of nitrogens with one attached hydrogen (secondary N) is 1. The maximum absolute atomic E-state index is 14.0. The summed E-state index contributed by atoms with van der Waals surface area (Å²) >= 11 is 1.50. The Labute approximate surface area is 244 Å². The molecule has 0 saturated carbocycles. The number of esters is 1. The summed E-state index contributed by atoms with van der Waals surface area (Å²) in [6.07, 6.45) is 3.78. The SMILES string of the molecule is CCC(C)(C)C1CCc2c(sc(NC(=O)c3cc(-c4ccc(OC)c(OC)c4)nc4ccccc34)c2C(=O)OC)C1. The van der Waals surface area contributed by atoms with Gasteiger partial charge in [0.1, 0.15) is 5.00 Å². The van der Waals surface area contributed by atoms with Crippen LogP contribution < -0.4 is 14.8 Å². The number of fused-ring (bicyclic) bond motifs is 2. The van der Waals surface area contributed by atoms with Gasteiger partial charge in [0.05, 0.1) is 43.7 Å². The largest absolute Gasteiger partial charge is 0.493 e. The molecule has 1 amide bonds. The minimum absolute atomic E-state index is 0.201. The van der Waals surface area contributed by atoms with Crippen molar-refractivity contribution in [3.05, 3.63) is 70.1 Å². The van der Waals surface area contributed by atoms with Crippen molar-refractivity contribution in [3.63, 3.8) is 0 Å². The Bertz CT molecular complexity index is 1620. The Hall–Kier alpha value is -3.91. The molecule has 214 valence electrons. The van der Waals surface area contributed by atoms with Gasteiger partial charge in [0.25, 0.3) is 5.91 Å². The molecule has 0 aliphatic heterocycles. The third-order valence-electron chi connectivity index (χ3n) is 8.54. The van der Waals surface area contributed by atoms with E-state index in [4.69, 9.17) is 19.2 Å². The van der Waals surface area contributed by atoms with Gasteiger partial charge in [-0.05, 0) is 66.5 Å². The molecule has 0 spiro atoms. The number of anilines is 1. The van der Waals surface area contributed by atoms with Crippen LogP contribution in [0.4, 0.5) is 5.00 Å². The number of carbonyl (C=O) groups is 2. The summed E-state index contributed by atoms with van der Waals surface area (Å²) in [5, 5.41) is 4.34. The highest BCUT2D eigenvalue weighted by molar-refractivity contribution is 7.17. The van der Waals surface area contributed by atoms with Crippen LogP contribution in [0.5, 0.6) is 11.5 Å². The lowest BCUT2D eigenvalue weighted by atomic mass is 9.69. The first-order chi connectivity index (χ1) is 19.7. The number of hydrogen-bond donors (Lipinski definition) is 1. The number of nitrogens with zero attached hydrogens (tertiary/aromatic N) is 1. The number of methoxy groups -OCH3 is 3. The maximum Gasteiger partial charge on any atom is 0.341 e. The van der Waals surface area contributed by atoms with Crippen LogP contribution in [0.15, 0.2) is 48.5 Å². The number of hydrogen-bond acceptors (Lipinski definition) is 7. The highest BCUT2D eigenvalue weighted by Crippen LogP contribution is 2.46. The zero-order chi connectivity index (χ0) is 29.3. The van der Waals surface area contributed by atoms with Crippen molar-refractivity contribution in [1.29, 1.82) is 0 Å². The van der Waals surface area contributed by atoms with Crippen molar-refractivity contribution in [2.24, 2.45) is 11.3 Å². The summed E-state index contributed by atoms with van der Waals surface area (Å²) in [5.74, 6) is 0.968. The summed E-state index contributed by atoms with van der Waals surface area (Å²) in [6.45, 7) is 6.85. The highest BCUT2D eigenvalue weighted by Gasteiger charge is 2.36. The fourth-order valence-corrected chi connectivity index (χ4v) is 6.94. The molecule has 4 aromatic rings. The van der Waals surface area contributed by atoms with E-state index < -0.39 is 5.97 Å². The average molecular weight is 573 g/mol. The van der Waals surface area contributed by atoms with Crippen molar-refractivity contribution in [3.8, 4) is 22.8 Å². The fraction of sp³-hybridized carbons (Fsp3) is 0.364. The monoisotopic (exact) mass is 572 g/mol. The number of rotatable bonds is 8. The smallest absolute Gasteiger partial charge is 0.341 e. The number of amides is 1. The third-order valence-corrected chi connectivity index (χ3v) is 9.71. The minimum Gasteiger partial charge on any atom is -0.493 e. The van der Waals surface area contributed by atoms with Crippen molar-refractivity contribution < 1.29 is 23.8 Å². The lowest BCUT2D eigenvalue weighted by Crippen LogP contribution is -2.28. The van der Waals surface area contributed by atoms with Crippen LogP contribution in [-0.4, -0.2) is 38.2 Å². The third kappa shape index (κ3) is 5.40. The number of para-hydroxylation sites is 1. The lowest BCUT2D eigenvalue weighted by molar-refractivity contribution is 0.0600. The van der Waals surface area contributed by atoms with Gasteiger partial charge in [0, 0.05) is 15.8 Å². The van der Waals surface area contributed by atoms with Crippen LogP contribution in [0.2, 0.25) is 0 Å². The topological polar surface area (TPSA) is 86.8 Å². The van der Waals surface area contributed by atoms with Crippen molar-refractivity contribution >= 4 is 39.1 Å². The number of ether oxygens (including phenoxy) is 3. The summed E-state index contributed by atoms with van der Waals surface area (Å²) in [6, 6.07) is 14.9. The zero-order valence-corrected chi connectivity index (χ0v) is 25.2. The lowest BCUT2D eigenvalue weighted by Gasteiger charge is -2.36. The fourth-order valence-electron chi connectivity index (χ4n) is 5.62. The van der Waals surface area contributed by atoms with Gasteiger partial charge in [-0.3, -0.25) is 4.79 Å². The van der Waals surface area contributed by atoms with E-state index in [0.29, 0.717) is 44.8 Å². The summed E-state index contributed by atoms with van der Waals surface area (Å²) < 4.78 is 16.1. The number of pyridine rings is 1. The molecule has 1 N–H and O–H groups in total. The molecule has 0 radical (unpaired) electrons. The van der Waals surface area contributed by atoms with E-state index in [1.54, 1.807) is 20.3 Å². The molecule has 7 nitrogen and oxygen atoms in total. The highest BCUT2D eigenvalue weighted by atomic mass is 32.1. The molecule has 2 aromatic carbocycles. The van der Waals surface area contributed by atoms with Gasteiger partial charge in [0.2, 0.25) is 0 Å². The molecular weight excluding hydrogens is 536 g/mol. The summed E-state index contributed by atoms with van der Waals surface area (Å²) in [7, 11) is 4.55. The number of thiophene rings is 1. The Morgan fingerprint density at radius 2 is 1.80 bits per heavy atom. The minimum atomic E-state index is -0.420. The van der Waals surface area contributed by atoms with Gasteiger partial charge in [-0.25, -0.2) is 9.78 Å². The van der Waals surface area contributed by atoms with Gasteiger partial charge in [-0.1, -0.05) is 45.4 Å². The molecule has 41 heavy (non-hydrogen) atoms. The van der Waals surface area contributed by atoms with E-state index in [1.165, 1.54) is 18.4 Å². The normalized spacial score (nSPS) is 14.8. The zero-order valence-electron chi connectivity index (χ0n) is 24.4. The number of carbonyl (C=O) groups excluding carboxylic acids is 2. The van der Waals surface area contributed by atoms with Crippen LogP contribution >= 0.6 is 11.3 Å². The first-order valence-electron chi connectivity index (χ1n) is 13.9. The van der Waals surface area contributed by atoms with Crippen LogP contribution in [0.1, 0.15) is 64.8 Å². The molecule has 1 atom stereocenters. The Kier molecular flexibility index (Phi) is 8.04. The Balaban J connectivity index is 1.56. The van der Waals surface area contributed by atoms with E-state index in [0.717, 1.165) is 47.1 Å². The number of benzene rings is 2. The van der Waals surface area contributed by atoms with Gasteiger partial charge in [-0.15, -0.1) is 11.3 Å². The predicted octanol–water partition coefficient (Wildman–Crippen LogP) is 7.56. The Morgan fingerprint density at radius 3 is 2.51 bits per heavy atom. The first-order valence-corrected chi connectivity index (χ1v) is 14.7. The molecule has 1 aliphatic carbocycles. The molecule has 0 bridgehead atoms. The van der Waals surface area contributed by atoms with E-state index in [-0.39, 0.29) is 11.3 Å². The second kappa shape index (κ2) is 11.5. The Morgan fingerprint density at radius 1 is 1.05 bits per heavy atom. The van der Waals surface area contributed by atoms with E-state index in [2.05, 4.69) is 26.1 Å². The molecule has 0 fully saturated rings. The molecule has 1 aliphatic rings. The van der Waals surface area contributed by atoms with Crippen LogP contribution in [0.25, 0.3) is 22.2 Å². The first kappa shape index (κ1) is 28.6. The van der Waals surface area contributed by atoms with Gasteiger partial charge >= 0.3 is 5.97 Å². The van der Waals surface area contributed by atoms with Crippen LogP contribution in [0.3, 0.4) is 0 Å². The molecule has 0 saturated heterocycles.